The zero-order valence-corrected chi connectivity index (χ0v) is 10.8. The molecule has 2 aromatic carbocycles. The summed E-state index contributed by atoms with van der Waals surface area (Å²) in [6, 6.07) is 13.6. The molecule has 1 aliphatic rings. The van der Waals surface area contributed by atoms with Gasteiger partial charge in [0.25, 0.3) is 0 Å². The Morgan fingerprint density at radius 2 is 1.68 bits per heavy atom. The maximum atomic E-state index is 10.4. The van der Waals surface area contributed by atoms with Gasteiger partial charge in [-0.3, -0.25) is 0 Å². The predicted molar refractivity (Wildman–Crippen MR) is 72.4 cm³/mol. The SMILES string of the molecule is CCc1ccc(C(O)c2ccc3c(c2)OCO3)cc1. The van der Waals surface area contributed by atoms with Crippen LogP contribution in [-0.4, -0.2) is 11.9 Å². The van der Waals surface area contributed by atoms with Gasteiger partial charge in [-0.05, 0) is 35.2 Å². The van der Waals surface area contributed by atoms with Crippen molar-refractivity contribution in [3.05, 3.63) is 59.2 Å². The van der Waals surface area contributed by atoms with Crippen molar-refractivity contribution in [1.29, 1.82) is 0 Å². The van der Waals surface area contributed by atoms with Gasteiger partial charge in [-0.25, -0.2) is 0 Å². The zero-order valence-electron chi connectivity index (χ0n) is 10.8. The molecule has 1 N–H and O–H groups in total. The number of aliphatic hydroxyl groups excluding tert-OH is 1. The van der Waals surface area contributed by atoms with Crippen LogP contribution < -0.4 is 9.47 Å². The lowest BCUT2D eigenvalue weighted by Gasteiger charge is -2.12. The first kappa shape index (κ1) is 12.1. The molecule has 3 rings (SSSR count). The summed E-state index contributed by atoms with van der Waals surface area (Å²) >= 11 is 0. The van der Waals surface area contributed by atoms with Crippen molar-refractivity contribution in [2.24, 2.45) is 0 Å². The van der Waals surface area contributed by atoms with Crippen LogP contribution in [0.15, 0.2) is 42.5 Å². The van der Waals surface area contributed by atoms with Gasteiger partial charge in [0.15, 0.2) is 11.5 Å². The fourth-order valence-electron chi connectivity index (χ4n) is 2.21. The van der Waals surface area contributed by atoms with Crippen LogP contribution in [0.3, 0.4) is 0 Å². The largest absolute Gasteiger partial charge is 0.454 e. The van der Waals surface area contributed by atoms with Gasteiger partial charge in [0, 0.05) is 0 Å². The summed E-state index contributed by atoms with van der Waals surface area (Å²) in [5.41, 5.74) is 2.96. The minimum absolute atomic E-state index is 0.250. The van der Waals surface area contributed by atoms with E-state index in [4.69, 9.17) is 9.47 Å². The summed E-state index contributed by atoms with van der Waals surface area (Å²) < 4.78 is 10.6. The van der Waals surface area contributed by atoms with Crippen molar-refractivity contribution >= 4 is 0 Å². The Hall–Kier alpha value is -2.00. The van der Waals surface area contributed by atoms with E-state index in [0.29, 0.717) is 5.75 Å². The third-order valence-corrected chi connectivity index (χ3v) is 3.42. The number of hydrogen-bond donors (Lipinski definition) is 1. The number of rotatable bonds is 3. The second-order valence-electron chi connectivity index (χ2n) is 4.61. The maximum Gasteiger partial charge on any atom is 0.231 e. The molecule has 0 bridgehead atoms. The van der Waals surface area contributed by atoms with E-state index in [0.717, 1.165) is 23.3 Å². The lowest BCUT2D eigenvalue weighted by molar-refractivity contribution is 0.173. The number of fused-ring (bicyclic) bond motifs is 1. The summed E-state index contributed by atoms with van der Waals surface area (Å²) in [5.74, 6) is 1.43. The maximum absolute atomic E-state index is 10.4. The molecule has 1 aliphatic heterocycles. The van der Waals surface area contributed by atoms with Gasteiger partial charge in [0.05, 0.1) is 0 Å². The highest BCUT2D eigenvalue weighted by molar-refractivity contribution is 5.46. The summed E-state index contributed by atoms with van der Waals surface area (Å²) in [5, 5.41) is 10.4. The third-order valence-electron chi connectivity index (χ3n) is 3.42. The van der Waals surface area contributed by atoms with Gasteiger partial charge >= 0.3 is 0 Å². The molecule has 1 heterocycles. The molecule has 0 saturated heterocycles. The molecule has 0 saturated carbocycles. The first-order chi connectivity index (χ1) is 9.28. The monoisotopic (exact) mass is 256 g/mol. The van der Waals surface area contributed by atoms with Crippen molar-refractivity contribution in [2.75, 3.05) is 6.79 Å². The Morgan fingerprint density at radius 3 is 2.42 bits per heavy atom. The molecule has 0 fully saturated rings. The number of aryl methyl sites for hydroxylation is 1. The van der Waals surface area contributed by atoms with Crippen LogP contribution in [0, 0.1) is 0 Å². The van der Waals surface area contributed by atoms with Crippen LogP contribution in [0.2, 0.25) is 0 Å². The van der Waals surface area contributed by atoms with Crippen molar-refractivity contribution in [1.82, 2.24) is 0 Å². The Bertz CT molecular complexity index is 575. The molecule has 0 spiro atoms. The molecule has 0 amide bonds. The van der Waals surface area contributed by atoms with E-state index in [1.165, 1.54) is 5.56 Å². The standard InChI is InChI=1S/C16H16O3/c1-2-11-3-5-12(6-4-11)16(17)13-7-8-14-15(9-13)19-10-18-14/h3-9,16-17H,2,10H2,1H3. The van der Waals surface area contributed by atoms with Crippen LogP contribution in [0.5, 0.6) is 11.5 Å². The highest BCUT2D eigenvalue weighted by Crippen LogP contribution is 2.35. The molecule has 0 radical (unpaired) electrons. The average molecular weight is 256 g/mol. The van der Waals surface area contributed by atoms with E-state index in [1.54, 1.807) is 0 Å². The van der Waals surface area contributed by atoms with Crippen molar-refractivity contribution < 1.29 is 14.6 Å². The van der Waals surface area contributed by atoms with Crippen LogP contribution in [0.25, 0.3) is 0 Å². The Kier molecular flexibility index (Phi) is 3.13. The van der Waals surface area contributed by atoms with Gasteiger partial charge in [0.2, 0.25) is 6.79 Å². The fraction of sp³-hybridized carbons (Fsp3) is 0.250. The normalized spacial score (nSPS) is 14.4. The molecular formula is C16H16O3. The Labute approximate surface area is 112 Å². The Morgan fingerprint density at radius 1 is 1.00 bits per heavy atom. The molecule has 19 heavy (non-hydrogen) atoms. The van der Waals surface area contributed by atoms with Gasteiger partial charge in [-0.2, -0.15) is 0 Å². The minimum atomic E-state index is -0.639. The van der Waals surface area contributed by atoms with Gasteiger partial charge < -0.3 is 14.6 Å². The highest BCUT2D eigenvalue weighted by Gasteiger charge is 2.17. The molecule has 2 aromatic rings. The third kappa shape index (κ3) is 2.29. The minimum Gasteiger partial charge on any atom is -0.454 e. The van der Waals surface area contributed by atoms with E-state index in [9.17, 15) is 5.11 Å². The highest BCUT2D eigenvalue weighted by atomic mass is 16.7. The molecule has 98 valence electrons. The molecular weight excluding hydrogens is 240 g/mol. The molecule has 3 heteroatoms. The quantitative estimate of drug-likeness (QED) is 0.917. The lowest BCUT2D eigenvalue weighted by atomic mass is 9.99. The van der Waals surface area contributed by atoms with Crippen LogP contribution >= 0.6 is 0 Å². The van der Waals surface area contributed by atoms with E-state index >= 15 is 0 Å². The molecule has 1 atom stereocenters. The number of ether oxygens (including phenoxy) is 2. The summed E-state index contributed by atoms with van der Waals surface area (Å²) in [6.07, 6.45) is 0.362. The fourth-order valence-corrected chi connectivity index (χ4v) is 2.21. The van der Waals surface area contributed by atoms with Gasteiger partial charge in [-0.1, -0.05) is 37.3 Å². The van der Waals surface area contributed by atoms with Crippen LogP contribution in [-0.2, 0) is 6.42 Å². The predicted octanol–water partition coefficient (Wildman–Crippen LogP) is 3.06. The second kappa shape index (κ2) is 4.94. The van der Waals surface area contributed by atoms with Gasteiger partial charge in [-0.15, -0.1) is 0 Å². The number of hydrogen-bond acceptors (Lipinski definition) is 3. The first-order valence-corrected chi connectivity index (χ1v) is 6.44. The van der Waals surface area contributed by atoms with Crippen LogP contribution in [0.1, 0.15) is 29.7 Å². The van der Waals surface area contributed by atoms with Crippen molar-refractivity contribution in [3.63, 3.8) is 0 Å². The summed E-state index contributed by atoms with van der Waals surface area (Å²) in [7, 11) is 0. The van der Waals surface area contributed by atoms with E-state index in [2.05, 4.69) is 6.92 Å². The Balaban J connectivity index is 1.88. The van der Waals surface area contributed by atoms with Crippen molar-refractivity contribution in [3.8, 4) is 11.5 Å². The summed E-state index contributed by atoms with van der Waals surface area (Å²) in [6.45, 7) is 2.36. The van der Waals surface area contributed by atoms with E-state index in [1.807, 2.05) is 42.5 Å². The summed E-state index contributed by atoms with van der Waals surface area (Å²) in [4.78, 5) is 0. The molecule has 0 aromatic heterocycles. The molecule has 1 unspecified atom stereocenters. The first-order valence-electron chi connectivity index (χ1n) is 6.44. The van der Waals surface area contributed by atoms with E-state index < -0.39 is 6.10 Å². The average Bonchev–Trinajstić information content (AvgIpc) is 2.94. The number of aliphatic hydroxyl groups is 1. The zero-order chi connectivity index (χ0) is 13.2. The molecule has 3 nitrogen and oxygen atoms in total. The number of benzene rings is 2. The van der Waals surface area contributed by atoms with E-state index in [-0.39, 0.29) is 6.79 Å². The lowest BCUT2D eigenvalue weighted by Crippen LogP contribution is -1.99. The smallest absolute Gasteiger partial charge is 0.231 e. The van der Waals surface area contributed by atoms with Crippen molar-refractivity contribution in [2.45, 2.75) is 19.4 Å². The second-order valence-corrected chi connectivity index (χ2v) is 4.61. The van der Waals surface area contributed by atoms with Gasteiger partial charge in [0.1, 0.15) is 6.10 Å². The van der Waals surface area contributed by atoms with Crippen LogP contribution in [0.4, 0.5) is 0 Å². The molecule has 0 aliphatic carbocycles. The topological polar surface area (TPSA) is 38.7 Å².